The zero-order valence-electron chi connectivity index (χ0n) is 10.7. The van der Waals surface area contributed by atoms with Gasteiger partial charge in [0, 0.05) is 6.21 Å². The van der Waals surface area contributed by atoms with Gasteiger partial charge in [0.1, 0.15) is 11.5 Å². The van der Waals surface area contributed by atoms with Crippen LogP contribution in [-0.4, -0.2) is 26.5 Å². The molecular weight excluding hydrogens is 226 g/mol. The van der Waals surface area contributed by atoms with E-state index in [1.807, 2.05) is 36.6 Å². The number of hydrogen-bond acceptors (Lipinski definition) is 3. The van der Waals surface area contributed by atoms with E-state index in [2.05, 4.69) is 17.1 Å². The summed E-state index contributed by atoms with van der Waals surface area (Å²) >= 11 is 0. The van der Waals surface area contributed by atoms with Gasteiger partial charge >= 0.3 is 0 Å². The highest BCUT2D eigenvalue weighted by molar-refractivity contribution is 5.80. The molecule has 1 unspecified atom stereocenters. The molecule has 0 radical (unpaired) electrons. The Kier molecular flexibility index (Phi) is 4.18. The van der Waals surface area contributed by atoms with Crippen LogP contribution in [0.4, 0.5) is 0 Å². The molecule has 3 nitrogen and oxygen atoms in total. The summed E-state index contributed by atoms with van der Waals surface area (Å²) in [6.07, 6.45) is 8.83. The molecule has 0 saturated carbocycles. The van der Waals surface area contributed by atoms with E-state index < -0.39 is 0 Å². The molecule has 1 atom stereocenters. The maximum absolute atomic E-state index is 5.14. The van der Waals surface area contributed by atoms with Crippen molar-refractivity contribution in [3.63, 3.8) is 0 Å². The first kappa shape index (κ1) is 12.4. The summed E-state index contributed by atoms with van der Waals surface area (Å²) < 4.78 is 10.2. The molecule has 0 N–H and O–H groups in total. The van der Waals surface area contributed by atoms with Crippen molar-refractivity contribution in [3.8, 4) is 5.75 Å². The van der Waals surface area contributed by atoms with Gasteiger partial charge in [0.25, 0.3) is 0 Å². The molecule has 0 amide bonds. The normalized spacial score (nSPS) is 18.8. The minimum absolute atomic E-state index is 0.200. The Labute approximate surface area is 107 Å². The van der Waals surface area contributed by atoms with Gasteiger partial charge in [-0.05, 0) is 48.4 Å². The van der Waals surface area contributed by atoms with Gasteiger partial charge in [0.05, 0.1) is 20.3 Å². The van der Waals surface area contributed by atoms with Gasteiger partial charge in [-0.1, -0.05) is 6.08 Å². The molecule has 1 aromatic carbocycles. The van der Waals surface area contributed by atoms with Gasteiger partial charge < -0.3 is 9.47 Å². The molecule has 1 aromatic rings. The molecule has 0 bridgehead atoms. The molecule has 2 rings (SSSR count). The molecule has 0 saturated heterocycles. The average molecular weight is 243 g/mol. The third-order valence-corrected chi connectivity index (χ3v) is 2.81. The van der Waals surface area contributed by atoms with E-state index in [9.17, 15) is 0 Å². The molecule has 0 heterocycles. The highest BCUT2D eigenvalue weighted by Crippen LogP contribution is 2.14. The number of hydrogen-bond donors (Lipinski definition) is 0. The van der Waals surface area contributed by atoms with Gasteiger partial charge in [-0.2, -0.15) is 0 Å². The fourth-order valence-electron chi connectivity index (χ4n) is 1.72. The molecule has 0 aliphatic heterocycles. The third kappa shape index (κ3) is 3.23. The molecule has 0 fully saturated rings. The molecule has 1 aliphatic rings. The standard InChI is InChI=1S/C15H17NO2/c1-17-14-7-3-12(4-8-14)11-16-13-5-9-15(18-2)10-6-13/h3-5,7-11,13H,6H2,1-2H3/b16-11+. The van der Waals surface area contributed by atoms with E-state index in [0.29, 0.717) is 0 Å². The number of allylic oxidation sites excluding steroid dienone is 1. The Balaban J connectivity index is 1.95. The van der Waals surface area contributed by atoms with Gasteiger partial charge in [0.2, 0.25) is 0 Å². The lowest BCUT2D eigenvalue weighted by Crippen LogP contribution is -2.04. The maximum Gasteiger partial charge on any atom is 0.118 e. The number of nitrogens with zero attached hydrogens (tertiary/aromatic N) is 1. The van der Waals surface area contributed by atoms with E-state index in [-0.39, 0.29) is 6.04 Å². The van der Waals surface area contributed by atoms with Crippen molar-refractivity contribution in [2.75, 3.05) is 14.2 Å². The quantitative estimate of drug-likeness (QED) is 0.761. The second-order valence-corrected chi connectivity index (χ2v) is 4.02. The first-order chi connectivity index (χ1) is 8.81. The van der Waals surface area contributed by atoms with Gasteiger partial charge in [-0.25, -0.2) is 0 Å². The van der Waals surface area contributed by atoms with Crippen molar-refractivity contribution < 1.29 is 9.47 Å². The fourth-order valence-corrected chi connectivity index (χ4v) is 1.72. The summed E-state index contributed by atoms with van der Waals surface area (Å²) in [7, 11) is 3.34. The van der Waals surface area contributed by atoms with E-state index >= 15 is 0 Å². The highest BCUT2D eigenvalue weighted by Gasteiger charge is 2.05. The lowest BCUT2D eigenvalue weighted by atomic mass is 10.1. The minimum Gasteiger partial charge on any atom is -0.497 e. The Bertz CT molecular complexity index is 472. The van der Waals surface area contributed by atoms with E-state index in [0.717, 1.165) is 23.5 Å². The van der Waals surface area contributed by atoms with Crippen LogP contribution in [0.3, 0.4) is 0 Å². The lowest BCUT2D eigenvalue weighted by Gasteiger charge is -2.11. The smallest absolute Gasteiger partial charge is 0.118 e. The van der Waals surface area contributed by atoms with Crippen LogP contribution in [-0.2, 0) is 4.74 Å². The van der Waals surface area contributed by atoms with Crippen LogP contribution in [0.25, 0.3) is 0 Å². The summed E-state index contributed by atoms with van der Waals surface area (Å²) in [6.45, 7) is 0. The minimum atomic E-state index is 0.200. The predicted molar refractivity (Wildman–Crippen MR) is 73.2 cm³/mol. The SMILES string of the molecule is COC1=CCC(/N=C/c2ccc(OC)cc2)C=C1. The number of methoxy groups -OCH3 is 2. The van der Waals surface area contributed by atoms with Crippen LogP contribution in [0.1, 0.15) is 12.0 Å². The van der Waals surface area contributed by atoms with Crippen molar-refractivity contribution in [1.29, 1.82) is 0 Å². The molecule has 94 valence electrons. The Hall–Kier alpha value is -2.03. The number of benzene rings is 1. The zero-order valence-corrected chi connectivity index (χ0v) is 10.7. The van der Waals surface area contributed by atoms with Crippen molar-refractivity contribution in [2.24, 2.45) is 4.99 Å². The fraction of sp³-hybridized carbons (Fsp3) is 0.267. The van der Waals surface area contributed by atoms with Crippen LogP contribution < -0.4 is 4.74 Å². The number of rotatable bonds is 4. The summed E-state index contributed by atoms with van der Waals surface area (Å²) in [5.41, 5.74) is 1.07. The largest absolute Gasteiger partial charge is 0.497 e. The molecule has 0 aromatic heterocycles. The monoisotopic (exact) mass is 243 g/mol. The van der Waals surface area contributed by atoms with E-state index in [4.69, 9.17) is 9.47 Å². The first-order valence-corrected chi connectivity index (χ1v) is 5.91. The van der Waals surface area contributed by atoms with Crippen molar-refractivity contribution in [1.82, 2.24) is 0 Å². The van der Waals surface area contributed by atoms with Crippen molar-refractivity contribution in [2.45, 2.75) is 12.5 Å². The van der Waals surface area contributed by atoms with Crippen molar-refractivity contribution >= 4 is 6.21 Å². The molecule has 18 heavy (non-hydrogen) atoms. The predicted octanol–water partition coefficient (Wildman–Crippen LogP) is 2.97. The number of aliphatic imine (C=N–C) groups is 1. The maximum atomic E-state index is 5.14. The highest BCUT2D eigenvalue weighted by atomic mass is 16.5. The molecule has 1 aliphatic carbocycles. The third-order valence-electron chi connectivity index (χ3n) is 2.81. The topological polar surface area (TPSA) is 30.8 Å². The Morgan fingerprint density at radius 3 is 2.50 bits per heavy atom. The van der Waals surface area contributed by atoms with Crippen LogP contribution in [0, 0.1) is 0 Å². The summed E-state index contributed by atoms with van der Waals surface area (Å²) in [5.74, 6) is 1.77. The summed E-state index contributed by atoms with van der Waals surface area (Å²) in [4.78, 5) is 4.52. The molecule has 3 heteroatoms. The van der Waals surface area contributed by atoms with Crippen LogP contribution in [0.2, 0.25) is 0 Å². The Morgan fingerprint density at radius 2 is 1.94 bits per heavy atom. The summed E-state index contributed by atoms with van der Waals surface area (Å²) in [5, 5.41) is 0. The van der Waals surface area contributed by atoms with Gasteiger partial charge in [0.15, 0.2) is 0 Å². The second-order valence-electron chi connectivity index (χ2n) is 4.02. The second kappa shape index (κ2) is 6.05. The van der Waals surface area contributed by atoms with E-state index in [1.54, 1.807) is 14.2 Å². The van der Waals surface area contributed by atoms with Crippen molar-refractivity contribution in [3.05, 3.63) is 53.8 Å². The zero-order chi connectivity index (χ0) is 12.8. The Morgan fingerprint density at radius 1 is 1.17 bits per heavy atom. The first-order valence-electron chi connectivity index (χ1n) is 5.91. The van der Waals surface area contributed by atoms with Crippen LogP contribution in [0.15, 0.2) is 53.2 Å². The van der Waals surface area contributed by atoms with Crippen LogP contribution >= 0.6 is 0 Å². The van der Waals surface area contributed by atoms with E-state index in [1.165, 1.54) is 0 Å². The van der Waals surface area contributed by atoms with Gasteiger partial charge in [-0.15, -0.1) is 0 Å². The summed E-state index contributed by atoms with van der Waals surface area (Å²) in [6, 6.07) is 8.05. The molecular formula is C15H17NO2. The average Bonchev–Trinajstić information content (AvgIpc) is 2.46. The lowest BCUT2D eigenvalue weighted by molar-refractivity contribution is 0.303. The van der Waals surface area contributed by atoms with Gasteiger partial charge in [-0.3, -0.25) is 4.99 Å². The van der Waals surface area contributed by atoms with Crippen LogP contribution in [0.5, 0.6) is 5.75 Å². The molecule has 0 spiro atoms. The number of ether oxygens (including phenoxy) is 2.